The van der Waals surface area contributed by atoms with E-state index >= 15 is 0 Å². The largest absolute Gasteiger partial charge is 0.480 e. The molecule has 1 heterocycles. The van der Waals surface area contributed by atoms with Crippen molar-refractivity contribution in [3.63, 3.8) is 0 Å². The normalized spacial score (nSPS) is 25.3. The fraction of sp³-hybridized carbons (Fsp3) is 0.429. The Kier molecular flexibility index (Phi) is 3.16. The number of carboxylic acid groups (broad SMARTS) is 1. The maximum absolute atomic E-state index is 10.5. The summed E-state index contributed by atoms with van der Waals surface area (Å²) in [6.45, 7) is 4.04. The van der Waals surface area contributed by atoms with Gasteiger partial charge in [0.2, 0.25) is 0 Å². The number of hydrogen-bond donors (Lipinski definition) is 2. The molecule has 0 aliphatic carbocycles. The van der Waals surface area contributed by atoms with E-state index in [9.17, 15) is 4.79 Å². The highest BCUT2D eigenvalue weighted by Crippen LogP contribution is 2.13. The van der Waals surface area contributed by atoms with Crippen LogP contribution in [0.4, 0.5) is 0 Å². The molecular weight excluding hydrogens is 176 g/mol. The Morgan fingerprint density at radius 2 is 2.75 bits per heavy atom. The van der Waals surface area contributed by atoms with Crippen LogP contribution in [0.3, 0.4) is 0 Å². The maximum Gasteiger partial charge on any atom is 0.327 e. The van der Waals surface area contributed by atoms with Gasteiger partial charge in [-0.2, -0.15) is 0 Å². The summed E-state index contributed by atoms with van der Waals surface area (Å²) in [6.07, 6.45) is 1.67. The monoisotopic (exact) mass is 186 g/mol. The fourth-order valence-electron chi connectivity index (χ4n) is 0.766. The van der Waals surface area contributed by atoms with Gasteiger partial charge in [0, 0.05) is 5.75 Å². The minimum absolute atomic E-state index is 0.487. The van der Waals surface area contributed by atoms with Crippen molar-refractivity contribution in [3.8, 4) is 0 Å². The minimum atomic E-state index is -0.827. The Morgan fingerprint density at radius 1 is 2.00 bits per heavy atom. The molecule has 0 aromatic rings. The number of nitrogens with zero attached hydrogens (tertiary/aromatic N) is 1. The van der Waals surface area contributed by atoms with Crippen molar-refractivity contribution in [1.29, 1.82) is 0 Å². The molecule has 1 rings (SSSR count). The number of carbonyl (C=O) groups is 1. The quantitative estimate of drug-likeness (QED) is 0.623. The van der Waals surface area contributed by atoms with Crippen molar-refractivity contribution in [2.24, 2.45) is 4.99 Å². The highest BCUT2D eigenvalue weighted by atomic mass is 32.2. The van der Waals surface area contributed by atoms with Crippen molar-refractivity contribution >= 4 is 22.9 Å². The molecule has 1 atom stereocenters. The Balaban J connectivity index is 2.44. The van der Waals surface area contributed by atoms with Gasteiger partial charge in [0.05, 0.1) is 6.54 Å². The SMILES string of the molecule is C=CCN=C1NC(C(=O)O)CS1. The van der Waals surface area contributed by atoms with E-state index in [1.807, 2.05) is 0 Å². The van der Waals surface area contributed by atoms with Gasteiger partial charge in [-0.25, -0.2) is 4.79 Å². The average Bonchev–Trinajstić information content (AvgIpc) is 2.48. The van der Waals surface area contributed by atoms with E-state index in [1.54, 1.807) is 6.08 Å². The van der Waals surface area contributed by atoms with E-state index in [0.29, 0.717) is 17.5 Å². The first kappa shape index (κ1) is 9.12. The first-order chi connectivity index (χ1) is 5.74. The van der Waals surface area contributed by atoms with Gasteiger partial charge < -0.3 is 10.4 Å². The number of nitrogens with one attached hydrogen (secondary N) is 1. The van der Waals surface area contributed by atoms with Crippen molar-refractivity contribution in [2.45, 2.75) is 6.04 Å². The number of rotatable bonds is 3. The minimum Gasteiger partial charge on any atom is -0.480 e. The van der Waals surface area contributed by atoms with Crippen LogP contribution in [0.15, 0.2) is 17.6 Å². The van der Waals surface area contributed by atoms with Crippen LogP contribution in [0.25, 0.3) is 0 Å². The predicted octanol–water partition coefficient (Wildman–Crippen LogP) is 0.318. The molecule has 0 saturated carbocycles. The lowest BCUT2D eigenvalue weighted by atomic mass is 10.4. The first-order valence-electron chi connectivity index (χ1n) is 3.51. The van der Waals surface area contributed by atoms with Gasteiger partial charge in [0.15, 0.2) is 5.17 Å². The second-order valence-corrected chi connectivity index (χ2v) is 3.29. The van der Waals surface area contributed by atoms with Gasteiger partial charge in [-0.1, -0.05) is 17.8 Å². The lowest BCUT2D eigenvalue weighted by Gasteiger charge is -2.01. The van der Waals surface area contributed by atoms with Crippen LogP contribution < -0.4 is 5.32 Å². The third-order valence-corrected chi connectivity index (χ3v) is 2.37. The number of amidine groups is 1. The highest BCUT2D eigenvalue weighted by Gasteiger charge is 2.25. The Bertz CT molecular complexity index is 227. The van der Waals surface area contributed by atoms with Gasteiger partial charge >= 0.3 is 5.97 Å². The van der Waals surface area contributed by atoms with Gasteiger partial charge in [-0.3, -0.25) is 4.99 Å². The summed E-state index contributed by atoms with van der Waals surface area (Å²) in [7, 11) is 0. The topological polar surface area (TPSA) is 61.7 Å². The second-order valence-electron chi connectivity index (χ2n) is 2.28. The summed E-state index contributed by atoms with van der Waals surface area (Å²) >= 11 is 1.43. The smallest absolute Gasteiger partial charge is 0.327 e. The molecular formula is C7H10N2O2S. The Morgan fingerprint density at radius 3 is 3.25 bits per heavy atom. The highest BCUT2D eigenvalue weighted by molar-refractivity contribution is 8.14. The van der Waals surface area contributed by atoms with Crippen molar-refractivity contribution in [3.05, 3.63) is 12.7 Å². The zero-order valence-electron chi connectivity index (χ0n) is 6.49. The van der Waals surface area contributed by atoms with E-state index in [4.69, 9.17) is 5.11 Å². The molecule has 12 heavy (non-hydrogen) atoms. The van der Waals surface area contributed by atoms with Gasteiger partial charge in [0.1, 0.15) is 6.04 Å². The molecule has 0 radical (unpaired) electrons. The number of hydrogen-bond acceptors (Lipinski definition) is 3. The molecule has 0 bridgehead atoms. The van der Waals surface area contributed by atoms with Crippen LogP contribution in [-0.4, -0.2) is 34.6 Å². The molecule has 5 heteroatoms. The fourth-order valence-corrected chi connectivity index (χ4v) is 1.71. The summed E-state index contributed by atoms with van der Waals surface area (Å²) in [5.41, 5.74) is 0. The molecule has 1 aliphatic rings. The molecule has 0 amide bonds. The standard InChI is InChI=1S/C7H10N2O2S/c1-2-3-8-7-9-5(4-12-7)6(10)11/h2,5H,1,3-4H2,(H,8,9)(H,10,11). The molecule has 0 aromatic carbocycles. The summed E-state index contributed by atoms with van der Waals surface area (Å²) < 4.78 is 0. The number of carboxylic acids is 1. The predicted molar refractivity (Wildman–Crippen MR) is 49.5 cm³/mol. The summed E-state index contributed by atoms with van der Waals surface area (Å²) in [5.74, 6) is -0.281. The molecule has 0 aromatic heterocycles. The van der Waals surface area contributed by atoms with Crippen molar-refractivity contribution < 1.29 is 9.90 Å². The van der Waals surface area contributed by atoms with E-state index in [0.717, 1.165) is 0 Å². The van der Waals surface area contributed by atoms with Crippen molar-refractivity contribution in [1.82, 2.24) is 5.32 Å². The van der Waals surface area contributed by atoms with Crippen LogP contribution in [-0.2, 0) is 4.79 Å². The Hall–Kier alpha value is -0.970. The van der Waals surface area contributed by atoms with Crippen LogP contribution in [0.1, 0.15) is 0 Å². The van der Waals surface area contributed by atoms with Gasteiger partial charge in [-0.05, 0) is 0 Å². The number of aliphatic carboxylic acids is 1. The molecule has 66 valence electrons. The first-order valence-corrected chi connectivity index (χ1v) is 4.50. The zero-order chi connectivity index (χ0) is 8.97. The van der Waals surface area contributed by atoms with Crippen molar-refractivity contribution in [2.75, 3.05) is 12.3 Å². The molecule has 1 saturated heterocycles. The Labute approximate surface area is 74.8 Å². The number of aliphatic imine (C=N–C) groups is 1. The number of thioether (sulfide) groups is 1. The molecule has 4 nitrogen and oxygen atoms in total. The molecule has 1 unspecified atom stereocenters. The lowest BCUT2D eigenvalue weighted by Crippen LogP contribution is -2.34. The van der Waals surface area contributed by atoms with E-state index < -0.39 is 12.0 Å². The third-order valence-electron chi connectivity index (χ3n) is 1.35. The van der Waals surface area contributed by atoms with Gasteiger partial charge in [-0.15, -0.1) is 6.58 Å². The second kappa shape index (κ2) is 4.15. The van der Waals surface area contributed by atoms with Crippen LogP contribution in [0, 0.1) is 0 Å². The van der Waals surface area contributed by atoms with Crippen LogP contribution >= 0.6 is 11.8 Å². The van der Waals surface area contributed by atoms with Crippen LogP contribution in [0.2, 0.25) is 0 Å². The summed E-state index contributed by atoms with van der Waals surface area (Å²) in [6, 6.07) is -0.487. The van der Waals surface area contributed by atoms with E-state index in [-0.39, 0.29) is 0 Å². The molecule has 1 aliphatic heterocycles. The third kappa shape index (κ3) is 2.27. The lowest BCUT2D eigenvalue weighted by molar-refractivity contribution is -0.138. The summed E-state index contributed by atoms with van der Waals surface area (Å²) in [4.78, 5) is 14.5. The molecule has 2 N–H and O–H groups in total. The van der Waals surface area contributed by atoms with Crippen LogP contribution in [0.5, 0.6) is 0 Å². The summed E-state index contributed by atoms with van der Waals surface area (Å²) in [5, 5.41) is 12.1. The average molecular weight is 186 g/mol. The molecule has 1 fully saturated rings. The zero-order valence-corrected chi connectivity index (χ0v) is 7.30. The maximum atomic E-state index is 10.5. The molecule has 0 spiro atoms. The van der Waals surface area contributed by atoms with E-state index in [2.05, 4.69) is 16.9 Å². The van der Waals surface area contributed by atoms with E-state index in [1.165, 1.54) is 11.8 Å². The van der Waals surface area contributed by atoms with Gasteiger partial charge in [0.25, 0.3) is 0 Å².